The van der Waals surface area contributed by atoms with E-state index >= 15 is 0 Å². The zero-order valence-corrected chi connectivity index (χ0v) is 50.9. The number of ether oxygens (including phenoxy) is 5. The summed E-state index contributed by atoms with van der Waals surface area (Å²) < 4.78 is 33.6. The zero-order valence-electron chi connectivity index (χ0n) is 50.1. The number of phenols is 1. The molecule has 3 saturated carbocycles. The molecular formula is C66H89N5O14S. The Balaban J connectivity index is 0.609. The van der Waals surface area contributed by atoms with Crippen molar-refractivity contribution in [2.45, 2.75) is 116 Å². The van der Waals surface area contributed by atoms with Gasteiger partial charge < -0.3 is 70.0 Å². The number of carbonyl (C=O) groups excluding carboxylic acids is 3. The molecule has 3 amide bonds. The van der Waals surface area contributed by atoms with Crippen molar-refractivity contribution in [2.75, 3.05) is 97.6 Å². The van der Waals surface area contributed by atoms with Crippen LogP contribution in [0.25, 0.3) is 33.4 Å². The fraction of sp³-hybridized carbons (Fsp3) is 0.545. The molecular weight excluding hydrogens is 1120 g/mol. The van der Waals surface area contributed by atoms with E-state index in [1.165, 1.54) is 41.5 Å². The number of thiocarbonyl (C=S) groups is 1. The van der Waals surface area contributed by atoms with E-state index in [4.69, 9.17) is 40.3 Å². The van der Waals surface area contributed by atoms with Crippen LogP contribution in [-0.2, 0) is 38.1 Å². The van der Waals surface area contributed by atoms with Crippen molar-refractivity contribution in [1.29, 1.82) is 0 Å². The molecule has 5 aliphatic rings. The minimum absolute atomic E-state index is 0.00568. The molecule has 0 unspecified atom stereocenters. The third-order valence-corrected chi connectivity index (χ3v) is 17.1. The summed E-state index contributed by atoms with van der Waals surface area (Å²) in [6.07, 6.45) is 16.6. The first-order valence-electron chi connectivity index (χ1n) is 30.7. The number of fused-ring (bicyclic) bond motifs is 3. The van der Waals surface area contributed by atoms with Gasteiger partial charge in [-0.25, -0.2) is 4.79 Å². The summed E-state index contributed by atoms with van der Waals surface area (Å²) in [5.74, 6) is -0.193. The number of carboxylic acid groups (broad SMARTS) is 1. The highest BCUT2D eigenvalue weighted by molar-refractivity contribution is 7.80. The number of aromatic hydroxyl groups is 1. The second-order valence-electron chi connectivity index (χ2n) is 22.9. The van der Waals surface area contributed by atoms with Gasteiger partial charge in [0.2, 0.25) is 17.7 Å². The van der Waals surface area contributed by atoms with E-state index in [1.54, 1.807) is 24.3 Å². The van der Waals surface area contributed by atoms with Crippen LogP contribution in [0.2, 0.25) is 0 Å². The SMILES string of the molecule is C=C1CC[C@H](O)C/C1=C/C=C1\CCC[C@]2(C)[C@@H]([C@H](C)C(=O)NCCCCNC(=O)CCOCCOCCOCCOCCOCCC(=O)NCCCCCNC(=S)Nc3ccc(-c4c5ccc(=O)cc-5oc5cc(O)ccc45)c(C(=O)O)c3)CC[C@@H]12. The Kier molecular flexibility index (Phi) is 27.1. The van der Waals surface area contributed by atoms with Crippen LogP contribution in [0.15, 0.2) is 99.3 Å². The summed E-state index contributed by atoms with van der Waals surface area (Å²) >= 11 is 5.48. The molecule has 1 aliphatic heterocycles. The van der Waals surface area contributed by atoms with Gasteiger partial charge in [-0.15, -0.1) is 0 Å². The van der Waals surface area contributed by atoms with Gasteiger partial charge in [0, 0.05) is 79.3 Å². The second kappa shape index (κ2) is 34.7. The molecule has 1 heterocycles. The van der Waals surface area contributed by atoms with Crippen molar-refractivity contribution in [2.24, 2.45) is 23.2 Å². The van der Waals surface area contributed by atoms with Gasteiger partial charge in [-0.1, -0.05) is 49.8 Å². The van der Waals surface area contributed by atoms with Crippen molar-refractivity contribution in [3.8, 4) is 28.2 Å². The fourth-order valence-corrected chi connectivity index (χ4v) is 12.4. The van der Waals surface area contributed by atoms with Crippen LogP contribution >= 0.6 is 12.2 Å². The number of nitrogens with one attached hydrogen (secondary N) is 5. The van der Waals surface area contributed by atoms with Crippen LogP contribution in [0.3, 0.4) is 0 Å². The number of hydrogen-bond acceptors (Lipinski definition) is 14. The molecule has 86 heavy (non-hydrogen) atoms. The van der Waals surface area contributed by atoms with Gasteiger partial charge in [0.1, 0.15) is 17.1 Å². The third kappa shape index (κ3) is 20.3. The van der Waals surface area contributed by atoms with Crippen LogP contribution in [0.5, 0.6) is 5.75 Å². The van der Waals surface area contributed by atoms with Crippen molar-refractivity contribution >= 4 is 57.7 Å². The summed E-state index contributed by atoms with van der Waals surface area (Å²) in [5, 5.41) is 46.7. The molecule has 0 saturated heterocycles. The molecule has 8 N–H and O–H groups in total. The summed E-state index contributed by atoms with van der Waals surface area (Å²) in [6, 6.07) is 13.8. The highest BCUT2D eigenvalue weighted by Crippen LogP contribution is 2.59. The lowest BCUT2D eigenvalue weighted by Gasteiger charge is -2.44. The number of rotatable bonds is 35. The van der Waals surface area contributed by atoms with Crippen molar-refractivity contribution < 1.29 is 62.6 Å². The van der Waals surface area contributed by atoms with Gasteiger partial charge in [-0.05, 0) is 160 Å². The topological polar surface area (TPSA) is 265 Å². The highest BCUT2D eigenvalue weighted by Gasteiger charge is 2.52. The Morgan fingerprint density at radius 3 is 1.99 bits per heavy atom. The number of carboxylic acids is 1. The number of benzene rings is 3. The highest BCUT2D eigenvalue weighted by atomic mass is 32.1. The van der Waals surface area contributed by atoms with E-state index in [9.17, 15) is 39.3 Å². The number of anilines is 1. The van der Waals surface area contributed by atoms with E-state index in [1.807, 2.05) is 0 Å². The average molecular weight is 1210 g/mol. The van der Waals surface area contributed by atoms with Crippen LogP contribution in [0, 0.1) is 23.2 Å². The van der Waals surface area contributed by atoms with E-state index < -0.39 is 5.97 Å². The van der Waals surface area contributed by atoms with Gasteiger partial charge in [-0.3, -0.25) is 19.2 Å². The molecule has 468 valence electrons. The number of phenolic OH excluding ortho intramolecular Hbond substituents is 1. The Labute approximate surface area is 510 Å². The molecule has 5 atom stereocenters. The zero-order chi connectivity index (χ0) is 61.3. The molecule has 2 aromatic carbocycles. The molecule has 3 fully saturated rings. The molecule has 19 nitrogen and oxygen atoms in total. The first-order chi connectivity index (χ1) is 41.6. The van der Waals surface area contributed by atoms with E-state index in [0.29, 0.717) is 142 Å². The maximum absolute atomic E-state index is 13.3. The number of aliphatic hydroxyl groups excluding tert-OH is 1. The number of allylic oxidation sites excluding steroid dienone is 4. The largest absolute Gasteiger partial charge is 0.508 e. The smallest absolute Gasteiger partial charge is 0.336 e. The van der Waals surface area contributed by atoms with E-state index in [-0.39, 0.29) is 77.1 Å². The Hall–Kier alpha value is -6.52. The van der Waals surface area contributed by atoms with Gasteiger partial charge >= 0.3 is 5.97 Å². The number of amides is 3. The van der Waals surface area contributed by atoms with E-state index in [2.05, 4.69) is 59.2 Å². The summed E-state index contributed by atoms with van der Waals surface area (Å²) in [7, 11) is 0. The summed E-state index contributed by atoms with van der Waals surface area (Å²) in [5.41, 5.74) is 5.93. The summed E-state index contributed by atoms with van der Waals surface area (Å²) in [4.78, 5) is 62.6. The lowest BCUT2D eigenvalue weighted by molar-refractivity contribution is -0.128. The molecule has 20 heteroatoms. The number of aromatic carboxylic acids is 1. The Bertz CT molecular complexity index is 3020. The van der Waals surface area contributed by atoms with Gasteiger partial charge in [0.05, 0.1) is 77.7 Å². The number of carbonyl (C=O) groups is 4. The van der Waals surface area contributed by atoms with Gasteiger partial charge in [0.25, 0.3) is 0 Å². The Morgan fingerprint density at radius 2 is 1.34 bits per heavy atom. The van der Waals surface area contributed by atoms with Crippen molar-refractivity contribution in [3.05, 3.63) is 106 Å². The molecule has 0 radical (unpaired) electrons. The van der Waals surface area contributed by atoms with Crippen LogP contribution in [0.1, 0.15) is 121 Å². The van der Waals surface area contributed by atoms with Crippen LogP contribution in [0.4, 0.5) is 5.69 Å². The van der Waals surface area contributed by atoms with E-state index in [0.717, 1.165) is 82.6 Å². The minimum Gasteiger partial charge on any atom is -0.508 e. The average Bonchev–Trinajstić information content (AvgIpc) is 1.34. The normalized spacial score (nSPS) is 19.8. The predicted molar refractivity (Wildman–Crippen MR) is 335 cm³/mol. The van der Waals surface area contributed by atoms with Crippen molar-refractivity contribution in [3.63, 3.8) is 0 Å². The molecule has 0 aromatic heterocycles. The molecule has 2 aromatic rings. The lowest BCUT2D eigenvalue weighted by atomic mass is 9.61. The second-order valence-corrected chi connectivity index (χ2v) is 23.3. The predicted octanol–water partition coefficient (Wildman–Crippen LogP) is 9.22. The maximum Gasteiger partial charge on any atom is 0.336 e. The Morgan fingerprint density at radius 1 is 0.733 bits per heavy atom. The lowest BCUT2D eigenvalue weighted by Crippen LogP contribution is -2.41. The van der Waals surface area contributed by atoms with Crippen molar-refractivity contribution in [1.82, 2.24) is 21.3 Å². The monoisotopic (exact) mass is 1210 g/mol. The quantitative estimate of drug-likeness (QED) is 0.0121. The molecule has 0 spiro atoms. The third-order valence-electron chi connectivity index (χ3n) is 16.8. The molecule has 0 bridgehead atoms. The molecule has 7 rings (SSSR count). The first-order valence-corrected chi connectivity index (χ1v) is 31.1. The number of unbranched alkanes of at least 4 members (excludes halogenated alkanes) is 3. The maximum atomic E-state index is 13.3. The number of hydrogen-bond donors (Lipinski definition) is 8. The fourth-order valence-electron chi connectivity index (χ4n) is 12.2. The minimum atomic E-state index is -1.16. The summed E-state index contributed by atoms with van der Waals surface area (Å²) in [6.45, 7) is 14.7. The standard InChI is InChI=1S/C66H89N5O14S/c1-44-11-15-49(72)40-47(44)13-12-46-10-9-25-66(3)56(21-22-57(46)66)45(2)63(77)69-28-8-7-27-68-61(76)24-31-81-33-35-83-37-39-84-38-36-82-34-32-80-30-23-60(75)67-26-5-4-6-29-70-65(86)71-48-14-18-52(55(41-48)64(78)79)62-53-19-16-50(73)42-58(53)85-59-43-51(74)17-20-54(59)62/h12-14,16-20,41-43,45,49,56-57,72-73H,1,4-11,15,21-40H2,2-3H3,(H,67,75)(H,68,76)(H,69,77)(H,78,79)(H2,70,71,86)/b46-12+,47-13-/t45-,49-,56+,57-,66+/m0/s1. The van der Waals surface area contributed by atoms with Crippen LogP contribution in [-0.4, -0.2) is 142 Å². The molecule has 4 aliphatic carbocycles. The first kappa shape index (κ1) is 67.0. The van der Waals surface area contributed by atoms with Gasteiger partial charge in [0.15, 0.2) is 10.5 Å². The van der Waals surface area contributed by atoms with Gasteiger partial charge in [-0.2, -0.15) is 0 Å². The van der Waals surface area contributed by atoms with Crippen LogP contribution < -0.4 is 32.0 Å². The number of aliphatic hydroxyl groups is 1.